The van der Waals surface area contributed by atoms with Gasteiger partial charge < -0.3 is 24.8 Å². The number of nitrogens with one attached hydrogen (secondary N) is 2. The van der Waals surface area contributed by atoms with Gasteiger partial charge in [-0.05, 0) is 30.3 Å². The van der Waals surface area contributed by atoms with E-state index in [1.807, 2.05) is 0 Å². The second-order valence-electron chi connectivity index (χ2n) is 5.47. The predicted octanol–water partition coefficient (Wildman–Crippen LogP) is 1.47. The third kappa shape index (κ3) is 4.94. The summed E-state index contributed by atoms with van der Waals surface area (Å²) in [7, 11) is 0. The van der Waals surface area contributed by atoms with Crippen molar-refractivity contribution in [2.45, 2.75) is 0 Å². The van der Waals surface area contributed by atoms with Crippen molar-refractivity contribution >= 4 is 23.5 Å². The Morgan fingerprint density at radius 1 is 1.07 bits per heavy atom. The van der Waals surface area contributed by atoms with Crippen LogP contribution in [0.15, 0.2) is 42.5 Å². The molecule has 140 valence electrons. The van der Waals surface area contributed by atoms with Crippen LogP contribution in [0.2, 0.25) is 0 Å². The summed E-state index contributed by atoms with van der Waals surface area (Å²) >= 11 is 0. The van der Waals surface area contributed by atoms with E-state index >= 15 is 0 Å². The zero-order valence-electron chi connectivity index (χ0n) is 14.0. The van der Waals surface area contributed by atoms with Crippen LogP contribution < -0.4 is 20.1 Å². The number of halogens is 1. The number of benzene rings is 2. The monoisotopic (exact) mass is 374 g/mol. The van der Waals surface area contributed by atoms with E-state index in [0.717, 1.165) is 6.07 Å². The fraction of sp³-hybridized carbons (Fsp3) is 0.167. The van der Waals surface area contributed by atoms with Crippen LogP contribution in [0, 0.1) is 5.82 Å². The molecule has 0 unspecified atom stereocenters. The Balaban J connectivity index is 1.41. The molecule has 0 atom stereocenters. The lowest BCUT2D eigenvalue weighted by atomic mass is 10.2. The number of rotatable bonds is 6. The van der Waals surface area contributed by atoms with Gasteiger partial charge in [-0.1, -0.05) is 6.07 Å². The number of ether oxygens (including phenoxy) is 3. The standard InChI is InChI=1S/C18H15FN2O6/c19-12-3-1-2-11(6-12)18(24)20-8-17(23)25-9-16(22)21-13-4-5-14-15(7-13)27-10-26-14/h1-7H,8-10H2,(H,20,24)(H,21,22). The lowest BCUT2D eigenvalue weighted by Crippen LogP contribution is -2.32. The van der Waals surface area contributed by atoms with Crippen molar-refractivity contribution in [3.05, 3.63) is 53.8 Å². The first-order chi connectivity index (χ1) is 13.0. The molecule has 0 bridgehead atoms. The molecular formula is C18H15FN2O6. The van der Waals surface area contributed by atoms with E-state index in [-0.39, 0.29) is 12.4 Å². The minimum Gasteiger partial charge on any atom is -0.454 e. The topological polar surface area (TPSA) is 103 Å². The van der Waals surface area contributed by atoms with Crippen molar-refractivity contribution < 1.29 is 33.0 Å². The molecule has 8 nitrogen and oxygen atoms in total. The number of carbonyl (C=O) groups excluding carboxylic acids is 3. The summed E-state index contributed by atoms with van der Waals surface area (Å²) in [5.74, 6) is -1.47. The van der Waals surface area contributed by atoms with Gasteiger partial charge in [0.1, 0.15) is 12.4 Å². The van der Waals surface area contributed by atoms with Crippen LogP contribution in [-0.4, -0.2) is 37.7 Å². The average molecular weight is 374 g/mol. The summed E-state index contributed by atoms with van der Waals surface area (Å²) in [5.41, 5.74) is 0.531. The number of anilines is 1. The van der Waals surface area contributed by atoms with Crippen LogP contribution in [0.1, 0.15) is 10.4 Å². The number of fused-ring (bicyclic) bond motifs is 1. The Bertz CT molecular complexity index is 886. The molecule has 2 amide bonds. The highest BCUT2D eigenvalue weighted by molar-refractivity contribution is 5.96. The van der Waals surface area contributed by atoms with Gasteiger partial charge >= 0.3 is 5.97 Å². The van der Waals surface area contributed by atoms with Crippen molar-refractivity contribution in [1.29, 1.82) is 0 Å². The van der Waals surface area contributed by atoms with Gasteiger partial charge in [-0.15, -0.1) is 0 Å². The Labute approximate surface area is 153 Å². The van der Waals surface area contributed by atoms with Crippen LogP contribution in [0.4, 0.5) is 10.1 Å². The quantitative estimate of drug-likeness (QED) is 0.743. The molecule has 0 saturated carbocycles. The van der Waals surface area contributed by atoms with Gasteiger partial charge in [0.2, 0.25) is 6.79 Å². The van der Waals surface area contributed by atoms with E-state index in [2.05, 4.69) is 10.6 Å². The number of esters is 1. The molecule has 3 rings (SSSR count). The van der Waals surface area contributed by atoms with Gasteiger partial charge in [0.25, 0.3) is 11.8 Å². The molecule has 0 radical (unpaired) electrons. The molecule has 0 fully saturated rings. The molecular weight excluding hydrogens is 359 g/mol. The van der Waals surface area contributed by atoms with Gasteiger partial charge in [0, 0.05) is 17.3 Å². The molecule has 2 aromatic carbocycles. The second kappa shape index (κ2) is 8.17. The number of hydrogen-bond acceptors (Lipinski definition) is 6. The van der Waals surface area contributed by atoms with Crippen molar-refractivity contribution in [2.75, 3.05) is 25.3 Å². The fourth-order valence-electron chi connectivity index (χ4n) is 2.25. The highest BCUT2D eigenvalue weighted by Gasteiger charge is 2.15. The number of hydrogen-bond donors (Lipinski definition) is 2. The molecule has 1 aliphatic heterocycles. The van der Waals surface area contributed by atoms with E-state index < -0.39 is 36.8 Å². The minimum atomic E-state index is -0.805. The predicted molar refractivity (Wildman–Crippen MR) is 90.9 cm³/mol. The largest absolute Gasteiger partial charge is 0.454 e. The molecule has 0 saturated heterocycles. The molecule has 27 heavy (non-hydrogen) atoms. The third-order valence-electron chi connectivity index (χ3n) is 3.50. The van der Waals surface area contributed by atoms with Crippen LogP contribution in [0.3, 0.4) is 0 Å². The summed E-state index contributed by atoms with van der Waals surface area (Å²) in [6.07, 6.45) is 0. The lowest BCUT2D eigenvalue weighted by molar-refractivity contribution is -0.146. The number of carbonyl (C=O) groups is 3. The van der Waals surface area contributed by atoms with Crippen molar-refractivity contribution in [1.82, 2.24) is 5.32 Å². The van der Waals surface area contributed by atoms with E-state index in [9.17, 15) is 18.8 Å². The SMILES string of the molecule is O=C(COC(=O)CNC(=O)c1cccc(F)c1)Nc1ccc2c(c1)OCO2. The molecule has 9 heteroatoms. The number of amides is 2. The Morgan fingerprint density at radius 2 is 1.89 bits per heavy atom. The zero-order valence-corrected chi connectivity index (χ0v) is 14.0. The molecule has 0 aliphatic carbocycles. The van der Waals surface area contributed by atoms with Crippen LogP contribution >= 0.6 is 0 Å². The molecule has 1 aliphatic rings. The van der Waals surface area contributed by atoms with E-state index in [4.69, 9.17) is 14.2 Å². The lowest BCUT2D eigenvalue weighted by Gasteiger charge is -2.08. The molecule has 0 spiro atoms. The smallest absolute Gasteiger partial charge is 0.325 e. The van der Waals surface area contributed by atoms with Crippen LogP contribution in [-0.2, 0) is 14.3 Å². The first-order valence-corrected chi connectivity index (χ1v) is 7.90. The van der Waals surface area contributed by atoms with Gasteiger partial charge in [-0.3, -0.25) is 14.4 Å². The molecule has 1 heterocycles. The van der Waals surface area contributed by atoms with Gasteiger partial charge in [0.05, 0.1) is 0 Å². The Morgan fingerprint density at radius 3 is 2.70 bits per heavy atom. The first-order valence-electron chi connectivity index (χ1n) is 7.90. The maximum atomic E-state index is 13.1. The summed E-state index contributed by atoms with van der Waals surface area (Å²) in [5, 5.41) is 4.83. The minimum absolute atomic E-state index is 0.0725. The van der Waals surface area contributed by atoms with Crippen molar-refractivity contribution in [2.24, 2.45) is 0 Å². The van der Waals surface area contributed by atoms with Crippen LogP contribution in [0.5, 0.6) is 11.5 Å². The molecule has 2 aromatic rings. The normalized spacial score (nSPS) is 11.6. The first kappa shape index (κ1) is 18.2. The maximum Gasteiger partial charge on any atom is 0.325 e. The average Bonchev–Trinajstić information content (AvgIpc) is 3.12. The molecule has 0 aromatic heterocycles. The summed E-state index contributed by atoms with van der Waals surface area (Å²) in [6, 6.07) is 9.87. The van der Waals surface area contributed by atoms with Gasteiger partial charge in [0.15, 0.2) is 18.1 Å². The van der Waals surface area contributed by atoms with Gasteiger partial charge in [-0.25, -0.2) is 4.39 Å². The Hall–Kier alpha value is -3.62. The van der Waals surface area contributed by atoms with Crippen molar-refractivity contribution in [3.63, 3.8) is 0 Å². The maximum absolute atomic E-state index is 13.1. The summed E-state index contributed by atoms with van der Waals surface area (Å²) in [6.45, 7) is -0.860. The fourth-order valence-corrected chi connectivity index (χ4v) is 2.25. The third-order valence-corrected chi connectivity index (χ3v) is 3.50. The van der Waals surface area contributed by atoms with E-state index in [1.165, 1.54) is 18.2 Å². The second-order valence-corrected chi connectivity index (χ2v) is 5.47. The summed E-state index contributed by atoms with van der Waals surface area (Å²) in [4.78, 5) is 35.2. The van der Waals surface area contributed by atoms with Crippen molar-refractivity contribution in [3.8, 4) is 11.5 Å². The molecule has 2 N–H and O–H groups in total. The highest BCUT2D eigenvalue weighted by atomic mass is 19.1. The Kier molecular flexibility index (Phi) is 5.50. The van der Waals surface area contributed by atoms with E-state index in [0.29, 0.717) is 17.2 Å². The van der Waals surface area contributed by atoms with Gasteiger partial charge in [-0.2, -0.15) is 0 Å². The van der Waals surface area contributed by atoms with E-state index in [1.54, 1.807) is 18.2 Å². The van der Waals surface area contributed by atoms with Crippen LogP contribution in [0.25, 0.3) is 0 Å². The highest BCUT2D eigenvalue weighted by Crippen LogP contribution is 2.34. The zero-order chi connectivity index (χ0) is 19.2. The summed E-state index contributed by atoms with van der Waals surface area (Å²) < 4.78 is 28.2.